The van der Waals surface area contributed by atoms with Crippen LogP contribution in [0.4, 0.5) is 5.69 Å². The Morgan fingerprint density at radius 3 is 2.54 bits per heavy atom. The lowest BCUT2D eigenvalue weighted by molar-refractivity contribution is 0.101. The number of methoxy groups -OCH3 is 1. The minimum atomic E-state index is -0.194. The molecular weight excluding hydrogens is 374 g/mol. The van der Waals surface area contributed by atoms with Crippen LogP contribution in [0.25, 0.3) is 11.0 Å². The van der Waals surface area contributed by atoms with Crippen LogP contribution in [0.1, 0.15) is 31.4 Å². The molecule has 4 rings (SSSR count). The summed E-state index contributed by atoms with van der Waals surface area (Å²) < 4.78 is 10.9. The van der Waals surface area contributed by atoms with E-state index in [1.165, 1.54) is 11.3 Å². The van der Waals surface area contributed by atoms with Crippen molar-refractivity contribution in [2.24, 2.45) is 0 Å². The summed E-state index contributed by atoms with van der Waals surface area (Å²) in [5, 5.41) is 5.53. The van der Waals surface area contributed by atoms with Crippen LogP contribution in [0.2, 0.25) is 0 Å². The maximum absolute atomic E-state index is 12.9. The lowest BCUT2D eigenvalue weighted by Gasteiger charge is -2.03. The van der Waals surface area contributed by atoms with Crippen molar-refractivity contribution in [2.45, 2.75) is 6.92 Å². The molecule has 140 valence electrons. The van der Waals surface area contributed by atoms with Crippen LogP contribution in [0.15, 0.2) is 64.4 Å². The maximum atomic E-state index is 12.9. The van der Waals surface area contributed by atoms with E-state index in [0.717, 1.165) is 10.9 Å². The molecule has 0 saturated carbocycles. The fourth-order valence-electron chi connectivity index (χ4n) is 2.99. The molecule has 1 N–H and O–H groups in total. The first-order chi connectivity index (χ1) is 13.6. The van der Waals surface area contributed by atoms with Crippen molar-refractivity contribution in [1.29, 1.82) is 0 Å². The summed E-state index contributed by atoms with van der Waals surface area (Å²) in [5.41, 5.74) is 2.51. The summed E-state index contributed by atoms with van der Waals surface area (Å²) in [6, 6.07) is 15.8. The van der Waals surface area contributed by atoms with Gasteiger partial charge in [-0.25, -0.2) is 0 Å². The number of rotatable bonds is 5. The highest BCUT2D eigenvalue weighted by atomic mass is 32.1. The lowest BCUT2D eigenvalue weighted by Crippen LogP contribution is -2.09. The molecule has 5 nitrogen and oxygen atoms in total. The number of aryl methyl sites for hydroxylation is 1. The molecule has 2 heterocycles. The van der Waals surface area contributed by atoms with Crippen molar-refractivity contribution < 1.29 is 18.7 Å². The minimum Gasteiger partial charge on any atom is -0.497 e. The number of furan rings is 1. The van der Waals surface area contributed by atoms with Crippen molar-refractivity contribution in [2.75, 3.05) is 12.4 Å². The number of thiophene rings is 1. The Labute approximate surface area is 165 Å². The summed E-state index contributed by atoms with van der Waals surface area (Å²) in [4.78, 5) is 25.7. The average molecular weight is 391 g/mol. The number of fused-ring (bicyclic) bond motifs is 1. The van der Waals surface area contributed by atoms with Gasteiger partial charge in [0, 0.05) is 22.2 Å². The Balaban J connectivity index is 1.64. The van der Waals surface area contributed by atoms with Gasteiger partial charge in [-0.1, -0.05) is 6.07 Å². The maximum Gasteiger partial charge on any atom is 0.265 e. The molecule has 0 spiro atoms. The second-order valence-electron chi connectivity index (χ2n) is 6.26. The van der Waals surface area contributed by atoms with Crippen LogP contribution in [-0.4, -0.2) is 18.8 Å². The van der Waals surface area contributed by atoms with Gasteiger partial charge in [0.25, 0.3) is 5.91 Å². The minimum absolute atomic E-state index is 0.162. The molecule has 0 aliphatic heterocycles. The number of ether oxygens (including phenoxy) is 1. The predicted molar refractivity (Wildman–Crippen MR) is 110 cm³/mol. The molecule has 0 bridgehead atoms. The highest BCUT2D eigenvalue weighted by Crippen LogP contribution is 2.30. The summed E-state index contributed by atoms with van der Waals surface area (Å²) in [6.07, 6.45) is 0. The third-order valence-electron chi connectivity index (χ3n) is 4.50. The van der Waals surface area contributed by atoms with Gasteiger partial charge in [-0.15, -0.1) is 11.3 Å². The third-order valence-corrected chi connectivity index (χ3v) is 5.37. The van der Waals surface area contributed by atoms with Crippen LogP contribution in [-0.2, 0) is 0 Å². The number of amides is 1. The smallest absolute Gasteiger partial charge is 0.265 e. The number of carbonyl (C=O) groups excluding carboxylic acids is 2. The summed E-state index contributed by atoms with van der Waals surface area (Å²) in [6.45, 7) is 1.84. The average Bonchev–Trinajstić information content (AvgIpc) is 3.36. The number of carbonyl (C=O) groups is 2. The van der Waals surface area contributed by atoms with E-state index in [1.807, 2.05) is 24.4 Å². The van der Waals surface area contributed by atoms with Crippen LogP contribution in [0.3, 0.4) is 0 Å². The molecule has 0 saturated heterocycles. The zero-order chi connectivity index (χ0) is 19.7. The Morgan fingerprint density at radius 1 is 1.07 bits per heavy atom. The van der Waals surface area contributed by atoms with E-state index in [4.69, 9.17) is 9.15 Å². The first-order valence-electron chi connectivity index (χ1n) is 8.63. The van der Waals surface area contributed by atoms with Gasteiger partial charge in [0.15, 0.2) is 5.76 Å². The fraction of sp³-hybridized carbons (Fsp3) is 0.0909. The molecule has 0 unspecified atom stereocenters. The molecule has 6 heteroatoms. The zero-order valence-electron chi connectivity index (χ0n) is 15.3. The van der Waals surface area contributed by atoms with Crippen molar-refractivity contribution >= 4 is 39.7 Å². The van der Waals surface area contributed by atoms with Gasteiger partial charge < -0.3 is 14.5 Å². The van der Waals surface area contributed by atoms with Crippen LogP contribution >= 0.6 is 11.3 Å². The summed E-state index contributed by atoms with van der Waals surface area (Å²) in [7, 11) is 1.58. The second kappa shape index (κ2) is 7.32. The number of ketones is 1. The predicted octanol–water partition coefficient (Wildman–Crippen LogP) is 5.29. The van der Waals surface area contributed by atoms with E-state index in [-0.39, 0.29) is 11.7 Å². The molecule has 2 aromatic heterocycles. The quantitative estimate of drug-likeness (QED) is 0.469. The zero-order valence-corrected chi connectivity index (χ0v) is 16.1. The van der Waals surface area contributed by atoms with Crippen molar-refractivity contribution in [1.82, 2.24) is 0 Å². The molecule has 0 aliphatic rings. The molecular formula is C22H17NO4S. The molecule has 1 amide bonds. The van der Waals surface area contributed by atoms with Crippen molar-refractivity contribution in [3.63, 3.8) is 0 Å². The van der Waals surface area contributed by atoms with E-state index >= 15 is 0 Å². The first kappa shape index (κ1) is 18.0. The van der Waals surface area contributed by atoms with Gasteiger partial charge in [-0.05, 0) is 60.8 Å². The van der Waals surface area contributed by atoms with Crippen LogP contribution < -0.4 is 10.1 Å². The van der Waals surface area contributed by atoms with Crippen LogP contribution in [0.5, 0.6) is 5.75 Å². The van der Waals surface area contributed by atoms with E-state index in [2.05, 4.69) is 5.32 Å². The normalized spacial score (nSPS) is 10.8. The Morgan fingerprint density at radius 2 is 1.86 bits per heavy atom. The Kier molecular flexibility index (Phi) is 4.71. The van der Waals surface area contributed by atoms with Crippen molar-refractivity contribution in [3.8, 4) is 5.75 Å². The lowest BCUT2D eigenvalue weighted by atomic mass is 10.0. The van der Waals surface area contributed by atoms with Gasteiger partial charge in [0.05, 0.1) is 12.0 Å². The van der Waals surface area contributed by atoms with E-state index in [1.54, 1.807) is 49.6 Å². The fourth-order valence-corrected chi connectivity index (χ4v) is 3.61. The highest BCUT2D eigenvalue weighted by molar-refractivity contribution is 7.12. The topological polar surface area (TPSA) is 68.5 Å². The first-order valence-corrected chi connectivity index (χ1v) is 9.51. The van der Waals surface area contributed by atoms with Gasteiger partial charge in [-0.2, -0.15) is 0 Å². The summed E-state index contributed by atoms with van der Waals surface area (Å²) >= 11 is 1.38. The van der Waals surface area contributed by atoms with Gasteiger partial charge in [0.1, 0.15) is 11.3 Å². The van der Waals surface area contributed by atoms with E-state index in [9.17, 15) is 9.59 Å². The number of benzene rings is 2. The molecule has 28 heavy (non-hydrogen) atoms. The largest absolute Gasteiger partial charge is 0.497 e. The number of hydrogen-bond acceptors (Lipinski definition) is 5. The SMILES string of the molecule is COc1ccc(C(=O)c2oc3ccc(NC(=O)c4cccs4)cc3c2C)cc1. The second-order valence-corrected chi connectivity index (χ2v) is 7.20. The van der Waals surface area contributed by atoms with E-state index < -0.39 is 0 Å². The van der Waals surface area contributed by atoms with Gasteiger partial charge in [-0.3, -0.25) is 9.59 Å². The molecule has 0 atom stereocenters. The number of nitrogens with one attached hydrogen (secondary N) is 1. The molecule has 0 fully saturated rings. The Bertz CT molecular complexity index is 1160. The monoisotopic (exact) mass is 391 g/mol. The number of anilines is 1. The van der Waals surface area contributed by atoms with Gasteiger partial charge >= 0.3 is 0 Å². The van der Waals surface area contributed by atoms with Gasteiger partial charge in [0.2, 0.25) is 5.78 Å². The number of hydrogen-bond donors (Lipinski definition) is 1. The third kappa shape index (κ3) is 3.30. The molecule has 4 aromatic rings. The molecule has 2 aromatic carbocycles. The molecule has 0 radical (unpaired) electrons. The summed E-state index contributed by atoms with van der Waals surface area (Å²) in [5.74, 6) is 0.622. The van der Waals surface area contributed by atoms with E-state index in [0.29, 0.717) is 33.2 Å². The highest BCUT2D eigenvalue weighted by Gasteiger charge is 2.20. The Hall–Kier alpha value is -3.38. The van der Waals surface area contributed by atoms with Crippen LogP contribution in [0, 0.1) is 6.92 Å². The standard InChI is InChI=1S/C22H17NO4S/c1-13-17-12-15(23-22(25)19-4-3-11-28-19)7-10-18(17)27-21(13)20(24)14-5-8-16(26-2)9-6-14/h3-12H,1-2H3,(H,23,25). The molecule has 0 aliphatic carbocycles. The van der Waals surface area contributed by atoms with Crippen molar-refractivity contribution in [3.05, 3.63) is 81.7 Å².